The van der Waals surface area contributed by atoms with Crippen LogP contribution in [-0.4, -0.2) is 28.5 Å². The summed E-state index contributed by atoms with van der Waals surface area (Å²) >= 11 is 0. The van der Waals surface area contributed by atoms with Gasteiger partial charge in [-0.1, -0.05) is 30.3 Å². The van der Waals surface area contributed by atoms with E-state index < -0.39 is 0 Å². The molecule has 0 spiro atoms. The Hall–Kier alpha value is -1.81. The van der Waals surface area contributed by atoms with Crippen molar-refractivity contribution in [3.8, 4) is 0 Å². The van der Waals surface area contributed by atoms with Crippen LogP contribution in [0.25, 0.3) is 0 Å². The van der Waals surface area contributed by atoms with E-state index in [1.165, 1.54) is 5.56 Å². The van der Waals surface area contributed by atoms with E-state index in [0.29, 0.717) is 6.04 Å². The maximum atomic E-state index is 5.55. The zero-order valence-corrected chi connectivity index (χ0v) is 11.1. The molecule has 0 bridgehead atoms. The monoisotopic (exact) mass is 257 g/mol. The fourth-order valence-corrected chi connectivity index (χ4v) is 2.43. The van der Waals surface area contributed by atoms with Crippen LogP contribution in [0.1, 0.15) is 18.9 Å². The lowest BCUT2D eigenvalue weighted by molar-refractivity contribution is 0.121. The molecule has 4 nitrogen and oxygen atoms in total. The summed E-state index contributed by atoms with van der Waals surface area (Å²) in [6.07, 6.45) is 5.27. The van der Waals surface area contributed by atoms with Crippen LogP contribution in [0.3, 0.4) is 0 Å². The van der Waals surface area contributed by atoms with Crippen LogP contribution >= 0.6 is 0 Å². The lowest BCUT2D eigenvalue weighted by atomic mass is 10.1. The predicted octanol–water partition coefficient (Wildman–Crippen LogP) is 2.52. The van der Waals surface area contributed by atoms with E-state index in [4.69, 9.17) is 4.74 Å². The molecule has 2 aromatic rings. The molecule has 3 rings (SSSR count). The first-order valence-corrected chi connectivity index (χ1v) is 6.76. The fourth-order valence-electron chi connectivity index (χ4n) is 2.43. The molecule has 1 aliphatic heterocycles. The van der Waals surface area contributed by atoms with Crippen LogP contribution < -0.4 is 5.32 Å². The molecule has 2 atom stereocenters. The Kier molecular flexibility index (Phi) is 3.51. The zero-order chi connectivity index (χ0) is 13.1. The average molecular weight is 257 g/mol. The number of rotatable bonds is 4. The molecule has 19 heavy (non-hydrogen) atoms. The molecule has 2 unspecified atom stereocenters. The predicted molar refractivity (Wildman–Crippen MR) is 75.2 cm³/mol. The Bertz CT molecular complexity index is 523. The molecule has 4 heteroatoms. The molecule has 2 heterocycles. The van der Waals surface area contributed by atoms with Crippen molar-refractivity contribution in [3.05, 3.63) is 48.3 Å². The van der Waals surface area contributed by atoms with Gasteiger partial charge in [0.05, 0.1) is 30.6 Å². The fraction of sp³-hybridized carbons (Fsp3) is 0.400. The Morgan fingerprint density at radius 3 is 2.95 bits per heavy atom. The van der Waals surface area contributed by atoms with Crippen molar-refractivity contribution in [2.75, 3.05) is 11.9 Å². The molecule has 100 valence electrons. The lowest BCUT2D eigenvalue weighted by Crippen LogP contribution is -2.26. The third-order valence-corrected chi connectivity index (χ3v) is 3.55. The van der Waals surface area contributed by atoms with Gasteiger partial charge in [-0.2, -0.15) is 5.10 Å². The molecule has 1 aliphatic rings. The minimum atomic E-state index is 0.275. The summed E-state index contributed by atoms with van der Waals surface area (Å²) in [5.74, 6) is 0. The van der Waals surface area contributed by atoms with E-state index in [0.717, 1.165) is 25.3 Å². The number of hydrogen-bond donors (Lipinski definition) is 1. The highest BCUT2D eigenvalue weighted by molar-refractivity contribution is 5.40. The number of benzene rings is 1. The van der Waals surface area contributed by atoms with Crippen LogP contribution in [0, 0.1) is 0 Å². The van der Waals surface area contributed by atoms with Crippen molar-refractivity contribution in [1.29, 1.82) is 0 Å². The molecule has 1 N–H and O–H groups in total. The van der Waals surface area contributed by atoms with E-state index in [1.54, 1.807) is 0 Å². The largest absolute Gasteiger partial charge is 0.377 e. The normalized spacial score (nSPS) is 22.6. The van der Waals surface area contributed by atoms with Gasteiger partial charge in [-0.15, -0.1) is 0 Å². The van der Waals surface area contributed by atoms with Crippen LogP contribution in [0.5, 0.6) is 0 Å². The molecule has 0 saturated carbocycles. The number of nitrogens with one attached hydrogen (secondary N) is 1. The van der Waals surface area contributed by atoms with E-state index in [1.807, 2.05) is 16.9 Å². The SMILES string of the molecule is CC1OCCC1Nc1cnn(Cc2ccccc2)c1. The van der Waals surface area contributed by atoms with Gasteiger partial charge >= 0.3 is 0 Å². The van der Waals surface area contributed by atoms with Gasteiger partial charge in [0.2, 0.25) is 0 Å². The number of ether oxygens (including phenoxy) is 1. The topological polar surface area (TPSA) is 39.1 Å². The minimum absolute atomic E-state index is 0.275. The van der Waals surface area contributed by atoms with Gasteiger partial charge in [0.15, 0.2) is 0 Å². The second-order valence-corrected chi connectivity index (χ2v) is 5.03. The molecule has 1 aromatic carbocycles. The van der Waals surface area contributed by atoms with E-state index in [9.17, 15) is 0 Å². The second-order valence-electron chi connectivity index (χ2n) is 5.03. The van der Waals surface area contributed by atoms with Crippen molar-refractivity contribution >= 4 is 5.69 Å². The van der Waals surface area contributed by atoms with Crippen LogP contribution in [0.2, 0.25) is 0 Å². The average Bonchev–Trinajstić information content (AvgIpc) is 3.02. The number of aromatic nitrogens is 2. The minimum Gasteiger partial charge on any atom is -0.377 e. The molecular weight excluding hydrogens is 238 g/mol. The van der Waals surface area contributed by atoms with E-state index >= 15 is 0 Å². The highest BCUT2D eigenvalue weighted by Crippen LogP contribution is 2.18. The number of nitrogens with zero attached hydrogens (tertiary/aromatic N) is 2. The number of anilines is 1. The van der Waals surface area contributed by atoms with E-state index in [2.05, 4.69) is 47.8 Å². The van der Waals surface area contributed by atoms with Gasteiger partial charge in [0, 0.05) is 12.8 Å². The summed E-state index contributed by atoms with van der Waals surface area (Å²) in [7, 11) is 0. The summed E-state index contributed by atoms with van der Waals surface area (Å²) in [6, 6.07) is 10.8. The molecule has 1 saturated heterocycles. The zero-order valence-electron chi connectivity index (χ0n) is 11.1. The molecular formula is C15H19N3O. The van der Waals surface area contributed by atoms with Gasteiger partial charge in [0.25, 0.3) is 0 Å². The first-order valence-electron chi connectivity index (χ1n) is 6.76. The van der Waals surface area contributed by atoms with Gasteiger partial charge in [-0.3, -0.25) is 4.68 Å². The maximum Gasteiger partial charge on any atom is 0.0748 e. The number of hydrogen-bond acceptors (Lipinski definition) is 3. The summed E-state index contributed by atoms with van der Waals surface area (Å²) < 4.78 is 7.51. The van der Waals surface area contributed by atoms with Gasteiger partial charge in [-0.25, -0.2) is 0 Å². The van der Waals surface area contributed by atoms with Crippen LogP contribution in [0.4, 0.5) is 5.69 Å². The van der Waals surface area contributed by atoms with Gasteiger partial charge < -0.3 is 10.1 Å². The van der Waals surface area contributed by atoms with Crippen molar-refractivity contribution in [2.24, 2.45) is 0 Å². The van der Waals surface area contributed by atoms with Crippen molar-refractivity contribution in [1.82, 2.24) is 9.78 Å². The summed E-state index contributed by atoms with van der Waals surface area (Å²) in [4.78, 5) is 0. The highest BCUT2D eigenvalue weighted by atomic mass is 16.5. The van der Waals surface area contributed by atoms with Crippen molar-refractivity contribution in [3.63, 3.8) is 0 Å². The first-order chi connectivity index (χ1) is 9.31. The summed E-state index contributed by atoms with van der Waals surface area (Å²) in [5, 5.41) is 7.88. The Labute approximate surface area is 113 Å². The van der Waals surface area contributed by atoms with Crippen molar-refractivity contribution in [2.45, 2.75) is 32.0 Å². The van der Waals surface area contributed by atoms with Crippen LogP contribution in [-0.2, 0) is 11.3 Å². The second kappa shape index (κ2) is 5.45. The molecule has 0 radical (unpaired) electrons. The molecule has 0 aliphatic carbocycles. The smallest absolute Gasteiger partial charge is 0.0748 e. The molecule has 1 aromatic heterocycles. The Morgan fingerprint density at radius 1 is 1.37 bits per heavy atom. The quantitative estimate of drug-likeness (QED) is 0.914. The van der Waals surface area contributed by atoms with E-state index in [-0.39, 0.29) is 6.10 Å². The van der Waals surface area contributed by atoms with Crippen molar-refractivity contribution < 1.29 is 4.74 Å². The molecule has 1 fully saturated rings. The van der Waals surface area contributed by atoms with Gasteiger partial charge in [0.1, 0.15) is 0 Å². The Morgan fingerprint density at radius 2 is 2.21 bits per heavy atom. The standard InChI is InChI=1S/C15H19N3O/c1-12-15(7-8-19-12)17-14-9-16-18(11-14)10-13-5-3-2-4-6-13/h2-6,9,11-12,15,17H,7-8,10H2,1H3. The third-order valence-electron chi connectivity index (χ3n) is 3.55. The lowest BCUT2D eigenvalue weighted by Gasteiger charge is -2.15. The van der Waals surface area contributed by atoms with Gasteiger partial charge in [-0.05, 0) is 18.9 Å². The Balaban J connectivity index is 1.63. The highest BCUT2D eigenvalue weighted by Gasteiger charge is 2.24. The summed E-state index contributed by atoms with van der Waals surface area (Å²) in [5.41, 5.74) is 2.33. The molecule has 0 amide bonds. The maximum absolute atomic E-state index is 5.55. The summed E-state index contributed by atoms with van der Waals surface area (Å²) in [6.45, 7) is 3.76. The third kappa shape index (κ3) is 2.96. The first kappa shape index (κ1) is 12.2. The van der Waals surface area contributed by atoms with Crippen LogP contribution in [0.15, 0.2) is 42.7 Å².